The Balaban J connectivity index is 2.47. The summed E-state index contributed by atoms with van der Waals surface area (Å²) in [5.41, 5.74) is 4.35. The highest BCUT2D eigenvalue weighted by molar-refractivity contribution is 5.79. The van der Waals surface area contributed by atoms with E-state index < -0.39 is 0 Å². The van der Waals surface area contributed by atoms with Crippen molar-refractivity contribution in [1.82, 2.24) is 4.90 Å². The van der Waals surface area contributed by atoms with Crippen LogP contribution in [-0.4, -0.2) is 24.8 Å². The van der Waals surface area contributed by atoms with Gasteiger partial charge >= 0.3 is 0 Å². The standard InChI is InChI=1S/C18H27NO/c1-5-14-7-8-17(15(6-2)13-14)18(19(3)4)11-9-16(20)10-12-18/h7-8,13H,5-6,9-12H2,1-4H3. The van der Waals surface area contributed by atoms with Gasteiger partial charge in [0.1, 0.15) is 5.78 Å². The number of Topliss-reactive ketones (excluding diaryl/α,β-unsaturated/α-hetero) is 1. The minimum Gasteiger partial charge on any atom is -0.300 e. The molecule has 0 spiro atoms. The Kier molecular flexibility index (Phi) is 4.64. The van der Waals surface area contributed by atoms with Crippen LogP contribution in [0.4, 0.5) is 0 Å². The van der Waals surface area contributed by atoms with Crippen molar-refractivity contribution in [3.63, 3.8) is 0 Å². The van der Waals surface area contributed by atoms with E-state index in [-0.39, 0.29) is 5.54 Å². The lowest BCUT2D eigenvalue weighted by molar-refractivity contribution is -0.122. The van der Waals surface area contributed by atoms with E-state index >= 15 is 0 Å². The van der Waals surface area contributed by atoms with Crippen molar-refractivity contribution in [3.05, 3.63) is 34.9 Å². The molecule has 1 aliphatic rings. The molecule has 110 valence electrons. The normalized spacial score (nSPS) is 18.6. The lowest BCUT2D eigenvalue weighted by atomic mass is 9.73. The molecule has 0 bridgehead atoms. The van der Waals surface area contributed by atoms with Crippen molar-refractivity contribution < 1.29 is 4.79 Å². The lowest BCUT2D eigenvalue weighted by Gasteiger charge is -2.44. The first-order chi connectivity index (χ1) is 9.53. The zero-order chi connectivity index (χ0) is 14.8. The molecule has 1 aliphatic carbocycles. The molecule has 1 saturated carbocycles. The SMILES string of the molecule is CCc1ccc(C2(N(C)C)CCC(=O)CC2)c(CC)c1. The Labute approximate surface area is 123 Å². The molecule has 0 radical (unpaired) electrons. The summed E-state index contributed by atoms with van der Waals surface area (Å²) in [6.07, 6.45) is 5.50. The molecule has 0 saturated heterocycles. The first kappa shape index (κ1) is 15.2. The number of benzene rings is 1. The predicted octanol–water partition coefficient (Wildman–Crippen LogP) is 3.71. The Hall–Kier alpha value is -1.15. The van der Waals surface area contributed by atoms with E-state index in [0.29, 0.717) is 5.78 Å². The number of hydrogen-bond acceptors (Lipinski definition) is 2. The average molecular weight is 273 g/mol. The highest BCUT2D eigenvalue weighted by Crippen LogP contribution is 2.41. The second-order valence-electron chi connectivity index (χ2n) is 6.16. The Bertz CT molecular complexity index is 480. The van der Waals surface area contributed by atoms with Gasteiger partial charge in [-0.1, -0.05) is 32.0 Å². The van der Waals surface area contributed by atoms with E-state index in [4.69, 9.17) is 0 Å². The van der Waals surface area contributed by atoms with Crippen LogP contribution in [0.15, 0.2) is 18.2 Å². The van der Waals surface area contributed by atoms with Crippen LogP contribution in [-0.2, 0) is 23.2 Å². The third-order valence-corrected chi connectivity index (χ3v) is 4.95. The zero-order valence-corrected chi connectivity index (χ0v) is 13.3. The minimum atomic E-state index is 0.0471. The highest BCUT2D eigenvalue weighted by atomic mass is 16.1. The molecule has 1 fully saturated rings. The number of carbonyl (C=O) groups excluding carboxylic acids is 1. The monoisotopic (exact) mass is 273 g/mol. The van der Waals surface area contributed by atoms with E-state index in [9.17, 15) is 4.79 Å². The molecule has 20 heavy (non-hydrogen) atoms. The molecule has 0 amide bonds. The first-order valence-corrected chi connectivity index (χ1v) is 7.85. The predicted molar refractivity (Wildman–Crippen MR) is 84.0 cm³/mol. The van der Waals surface area contributed by atoms with E-state index in [2.05, 4.69) is 51.0 Å². The van der Waals surface area contributed by atoms with Gasteiger partial charge in [0.05, 0.1) is 0 Å². The molecule has 2 rings (SSSR count). The van der Waals surface area contributed by atoms with Crippen LogP contribution in [0, 0.1) is 0 Å². The molecule has 2 nitrogen and oxygen atoms in total. The molecule has 0 N–H and O–H groups in total. The maximum absolute atomic E-state index is 11.6. The molecular weight excluding hydrogens is 246 g/mol. The van der Waals surface area contributed by atoms with Crippen molar-refractivity contribution in [2.45, 2.75) is 57.9 Å². The average Bonchev–Trinajstić information content (AvgIpc) is 2.47. The molecule has 1 aromatic rings. The second-order valence-corrected chi connectivity index (χ2v) is 6.16. The Morgan fingerprint density at radius 1 is 1.10 bits per heavy atom. The Morgan fingerprint density at radius 2 is 1.75 bits per heavy atom. The largest absolute Gasteiger partial charge is 0.300 e. The molecule has 0 heterocycles. The van der Waals surface area contributed by atoms with E-state index in [1.807, 2.05) is 0 Å². The van der Waals surface area contributed by atoms with Gasteiger partial charge in [-0.05, 0) is 56.5 Å². The fraction of sp³-hybridized carbons (Fsp3) is 0.611. The van der Waals surface area contributed by atoms with E-state index in [0.717, 1.165) is 38.5 Å². The van der Waals surface area contributed by atoms with Gasteiger partial charge in [0.2, 0.25) is 0 Å². The summed E-state index contributed by atoms with van der Waals surface area (Å²) in [5.74, 6) is 0.422. The van der Waals surface area contributed by atoms with Crippen molar-refractivity contribution in [1.29, 1.82) is 0 Å². The van der Waals surface area contributed by atoms with Crippen LogP contribution in [0.2, 0.25) is 0 Å². The smallest absolute Gasteiger partial charge is 0.133 e. The second kappa shape index (κ2) is 6.09. The summed E-state index contributed by atoms with van der Waals surface area (Å²) in [7, 11) is 4.31. The van der Waals surface area contributed by atoms with Crippen LogP contribution in [0.1, 0.15) is 56.2 Å². The molecule has 2 heteroatoms. The number of carbonyl (C=O) groups is 1. The van der Waals surface area contributed by atoms with Gasteiger partial charge in [-0.15, -0.1) is 0 Å². The molecule has 0 aromatic heterocycles. The van der Waals surface area contributed by atoms with Crippen molar-refractivity contribution >= 4 is 5.78 Å². The van der Waals surface area contributed by atoms with Gasteiger partial charge in [-0.2, -0.15) is 0 Å². The molecule has 0 unspecified atom stereocenters. The fourth-order valence-electron chi connectivity index (χ4n) is 3.51. The van der Waals surface area contributed by atoms with Crippen molar-refractivity contribution in [2.75, 3.05) is 14.1 Å². The molecule has 0 atom stereocenters. The molecular formula is C18H27NO. The quantitative estimate of drug-likeness (QED) is 0.833. The van der Waals surface area contributed by atoms with Gasteiger partial charge in [-0.25, -0.2) is 0 Å². The summed E-state index contributed by atoms with van der Waals surface area (Å²) >= 11 is 0. The maximum atomic E-state index is 11.6. The van der Waals surface area contributed by atoms with Crippen LogP contribution < -0.4 is 0 Å². The summed E-state index contributed by atoms with van der Waals surface area (Å²) in [6, 6.07) is 6.93. The van der Waals surface area contributed by atoms with Gasteiger partial charge in [0, 0.05) is 18.4 Å². The zero-order valence-electron chi connectivity index (χ0n) is 13.3. The fourth-order valence-corrected chi connectivity index (χ4v) is 3.51. The summed E-state index contributed by atoms with van der Waals surface area (Å²) in [6.45, 7) is 4.44. The Morgan fingerprint density at radius 3 is 2.25 bits per heavy atom. The van der Waals surface area contributed by atoms with Crippen LogP contribution in [0.5, 0.6) is 0 Å². The van der Waals surface area contributed by atoms with Crippen LogP contribution >= 0.6 is 0 Å². The van der Waals surface area contributed by atoms with Gasteiger partial charge < -0.3 is 0 Å². The number of nitrogens with zero attached hydrogens (tertiary/aromatic N) is 1. The maximum Gasteiger partial charge on any atom is 0.133 e. The number of ketones is 1. The molecule has 0 aliphatic heterocycles. The van der Waals surface area contributed by atoms with E-state index in [1.165, 1.54) is 16.7 Å². The minimum absolute atomic E-state index is 0.0471. The third kappa shape index (κ3) is 2.67. The summed E-state index contributed by atoms with van der Waals surface area (Å²) in [5, 5.41) is 0. The topological polar surface area (TPSA) is 20.3 Å². The van der Waals surface area contributed by atoms with E-state index in [1.54, 1.807) is 0 Å². The van der Waals surface area contributed by atoms with Crippen LogP contribution in [0.3, 0.4) is 0 Å². The molecule has 1 aromatic carbocycles. The number of hydrogen-bond donors (Lipinski definition) is 0. The third-order valence-electron chi connectivity index (χ3n) is 4.95. The first-order valence-electron chi connectivity index (χ1n) is 7.85. The number of rotatable bonds is 4. The lowest BCUT2D eigenvalue weighted by Crippen LogP contribution is -2.45. The van der Waals surface area contributed by atoms with Crippen LogP contribution in [0.25, 0.3) is 0 Å². The van der Waals surface area contributed by atoms with Gasteiger partial charge in [0.15, 0.2) is 0 Å². The van der Waals surface area contributed by atoms with Crippen molar-refractivity contribution in [2.24, 2.45) is 0 Å². The van der Waals surface area contributed by atoms with Gasteiger partial charge in [0.25, 0.3) is 0 Å². The highest BCUT2D eigenvalue weighted by Gasteiger charge is 2.39. The number of aryl methyl sites for hydroxylation is 2. The summed E-state index contributed by atoms with van der Waals surface area (Å²) < 4.78 is 0. The van der Waals surface area contributed by atoms with Crippen molar-refractivity contribution in [3.8, 4) is 0 Å². The van der Waals surface area contributed by atoms with Gasteiger partial charge in [-0.3, -0.25) is 9.69 Å². The summed E-state index contributed by atoms with van der Waals surface area (Å²) in [4.78, 5) is 14.0.